The van der Waals surface area contributed by atoms with Crippen molar-refractivity contribution in [3.05, 3.63) is 40.8 Å². The molecule has 0 aliphatic carbocycles. The van der Waals surface area contributed by atoms with E-state index in [1.165, 1.54) is 6.07 Å². The minimum absolute atomic E-state index is 0.146. The second-order valence-corrected chi connectivity index (χ2v) is 5.04. The van der Waals surface area contributed by atoms with E-state index in [1.807, 2.05) is 12.1 Å². The van der Waals surface area contributed by atoms with Gasteiger partial charge in [0.15, 0.2) is 0 Å². The van der Waals surface area contributed by atoms with Crippen molar-refractivity contribution in [3.63, 3.8) is 0 Å². The average molecular weight is 260 g/mol. The second kappa shape index (κ2) is 5.91. The van der Waals surface area contributed by atoms with Gasteiger partial charge >= 0.3 is 5.63 Å². The van der Waals surface area contributed by atoms with Gasteiger partial charge in [-0.2, -0.15) is 0 Å². The van der Waals surface area contributed by atoms with Gasteiger partial charge in [0.2, 0.25) is 0 Å². The second-order valence-electron chi connectivity index (χ2n) is 5.04. The quantitative estimate of drug-likeness (QED) is 0.763. The van der Waals surface area contributed by atoms with Gasteiger partial charge in [-0.05, 0) is 37.5 Å². The molecular weight excluding hydrogens is 240 g/mol. The van der Waals surface area contributed by atoms with Crippen LogP contribution in [0.15, 0.2) is 39.5 Å². The number of rotatable bonds is 5. The predicted octanol–water partition coefficient (Wildman–Crippen LogP) is 4.00. The molecule has 0 spiro atoms. The number of fused-ring (bicyclic) bond motifs is 1. The lowest BCUT2D eigenvalue weighted by Gasteiger charge is -2.21. The molecule has 0 saturated carbocycles. The van der Waals surface area contributed by atoms with Gasteiger partial charge in [-0.25, -0.2) is 4.79 Å². The van der Waals surface area contributed by atoms with Crippen LogP contribution in [0.2, 0.25) is 0 Å². The molecular formula is C16H20O3. The molecule has 2 rings (SSSR count). The Balaban J connectivity index is 2.19. The highest BCUT2D eigenvalue weighted by atomic mass is 16.5. The van der Waals surface area contributed by atoms with E-state index in [9.17, 15) is 4.79 Å². The molecule has 0 radical (unpaired) electrons. The van der Waals surface area contributed by atoms with E-state index in [0.29, 0.717) is 11.5 Å². The maximum Gasteiger partial charge on any atom is 0.336 e. The smallest absolute Gasteiger partial charge is 0.336 e. The van der Waals surface area contributed by atoms with Gasteiger partial charge in [0.05, 0.1) is 6.10 Å². The molecule has 0 bridgehead atoms. The first-order valence-corrected chi connectivity index (χ1v) is 6.80. The van der Waals surface area contributed by atoms with Crippen LogP contribution < -0.4 is 10.4 Å². The summed E-state index contributed by atoms with van der Waals surface area (Å²) in [6, 6.07) is 8.79. The van der Waals surface area contributed by atoms with Crippen molar-refractivity contribution in [2.75, 3.05) is 0 Å². The summed E-state index contributed by atoms with van der Waals surface area (Å²) in [6.07, 6.45) is 2.44. The third-order valence-electron chi connectivity index (χ3n) is 3.46. The third-order valence-corrected chi connectivity index (χ3v) is 3.46. The van der Waals surface area contributed by atoms with Crippen LogP contribution in [0.25, 0.3) is 11.0 Å². The van der Waals surface area contributed by atoms with E-state index < -0.39 is 0 Å². The molecule has 1 heterocycles. The lowest BCUT2D eigenvalue weighted by atomic mass is 10.0. The summed E-state index contributed by atoms with van der Waals surface area (Å²) in [5.74, 6) is 1.25. The van der Waals surface area contributed by atoms with Gasteiger partial charge in [-0.1, -0.05) is 20.3 Å². The first-order chi connectivity index (χ1) is 9.10. The molecule has 0 saturated heterocycles. The Morgan fingerprint density at radius 2 is 1.95 bits per heavy atom. The van der Waals surface area contributed by atoms with Gasteiger partial charge in [-0.15, -0.1) is 0 Å². The van der Waals surface area contributed by atoms with Crippen molar-refractivity contribution >= 4 is 11.0 Å². The Morgan fingerprint density at radius 3 is 2.68 bits per heavy atom. The van der Waals surface area contributed by atoms with Crippen LogP contribution in [-0.4, -0.2) is 6.10 Å². The van der Waals surface area contributed by atoms with Crippen molar-refractivity contribution in [2.24, 2.45) is 5.92 Å². The molecule has 1 aromatic heterocycles. The Labute approximate surface area is 113 Å². The molecule has 0 aliphatic heterocycles. The Kier molecular flexibility index (Phi) is 4.25. The molecule has 3 nitrogen and oxygen atoms in total. The van der Waals surface area contributed by atoms with Crippen molar-refractivity contribution in [1.29, 1.82) is 0 Å². The molecule has 2 unspecified atom stereocenters. The minimum Gasteiger partial charge on any atom is -0.490 e. The topological polar surface area (TPSA) is 39.4 Å². The molecule has 102 valence electrons. The maximum absolute atomic E-state index is 11.2. The van der Waals surface area contributed by atoms with E-state index in [1.54, 1.807) is 12.1 Å². The number of hydrogen-bond donors (Lipinski definition) is 0. The summed E-state index contributed by atoms with van der Waals surface area (Å²) in [4.78, 5) is 11.2. The van der Waals surface area contributed by atoms with Crippen LogP contribution in [0.4, 0.5) is 0 Å². The molecule has 2 aromatic rings. The Bertz CT molecular complexity index is 600. The fourth-order valence-electron chi connectivity index (χ4n) is 2.14. The zero-order valence-corrected chi connectivity index (χ0v) is 11.7. The van der Waals surface area contributed by atoms with E-state index in [4.69, 9.17) is 9.15 Å². The summed E-state index contributed by atoms with van der Waals surface area (Å²) < 4.78 is 11.1. The molecule has 19 heavy (non-hydrogen) atoms. The van der Waals surface area contributed by atoms with Crippen molar-refractivity contribution < 1.29 is 9.15 Å². The highest BCUT2D eigenvalue weighted by Gasteiger charge is 2.13. The lowest BCUT2D eigenvalue weighted by Crippen LogP contribution is -2.21. The molecule has 3 heteroatoms. The number of ether oxygens (including phenoxy) is 1. The fourth-order valence-corrected chi connectivity index (χ4v) is 2.14. The highest BCUT2D eigenvalue weighted by molar-refractivity contribution is 5.77. The Morgan fingerprint density at radius 1 is 1.21 bits per heavy atom. The summed E-state index contributed by atoms with van der Waals surface area (Å²) in [5, 5.41) is 0.904. The Hall–Kier alpha value is -1.77. The minimum atomic E-state index is -0.336. The van der Waals surface area contributed by atoms with Crippen molar-refractivity contribution in [2.45, 2.75) is 39.7 Å². The van der Waals surface area contributed by atoms with Crippen LogP contribution in [0.3, 0.4) is 0 Å². The molecule has 0 fully saturated rings. The summed E-state index contributed by atoms with van der Waals surface area (Å²) in [6.45, 7) is 6.44. The normalized spacial score (nSPS) is 14.3. The highest BCUT2D eigenvalue weighted by Crippen LogP contribution is 2.23. The fraction of sp³-hybridized carbons (Fsp3) is 0.438. The molecule has 0 N–H and O–H groups in total. The van der Waals surface area contributed by atoms with E-state index in [0.717, 1.165) is 24.0 Å². The van der Waals surface area contributed by atoms with E-state index >= 15 is 0 Å². The van der Waals surface area contributed by atoms with Crippen LogP contribution in [-0.2, 0) is 0 Å². The maximum atomic E-state index is 11.2. The van der Waals surface area contributed by atoms with Crippen LogP contribution in [0, 0.1) is 5.92 Å². The van der Waals surface area contributed by atoms with Gasteiger partial charge in [0, 0.05) is 17.5 Å². The van der Waals surface area contributed by atoms with Gasteiger partial charge in [0.1, 0.15) is 11.3 Å². The monoisotopic (exact) mass is 260 g/mol. The molecule has 1 aromatic carbocycles. The van der Waals surface area contributed by atoms with E-state index in [2.05, 4.69) is 20.8 Å². The first-order valence-electron chi connectivity index (χ1n) is 6.80. The molecule has 0 amide bonds. The lowest BCUT2D eigenvalue weighted by molar-refractivity contribution is 0.154. The predicted molar refractivity (Wildman–Crippen MR) is 76.6 cm³/mol. The van der Waals surface area contributed by atoms with Gasteiger partial charge < -0.3 is 9.15 Å². The van der Waals surface area contributed by atoms with Crippen molar-refractivity contribution in [1.82, 2.24) is 0 Å². The van der Waals surface area contributed by atoms with Crippen LogP contribution in [0.5, 0.6) is 5.75 Å². The zero-order valence-electron chi connectivity index (χ0n) is 11.7. The van der Waals surface area contributed by atoms with Crippen LogP contribution >= 0.6 is 0 Å². The van der Waals surface area contributed by atoms with E-state index in [-0.39, 0.29) is 11.7 Å². The first kappa shape index (κ1) is 13.7. The zero-order chi connectivity index (χ0) is 13.8. The number of benzene rings is 1. The van der Waals surface area contributed by atoms with Gasteiger partial charge in [-0.3, -0.25) is 0 Å². The van der Waals surface area contributed by atoms with Crippen molar-refractivity contribution in [3.8, 4) is 5.75 Å². The summed E-state index contributed by atoms with van der Waals surface area (Å²) in [7, 11) is 0. The average Bonchev–Trinajstić information content (AvgIpc) is 2.38. The third kappa shape index (κ3) is 3.37. The SMILES string of the molecule is CCCC(C)C(C)Oc1ccc2ccc(=O)oc2c1. The largest absolute Gasteiger partial charge is 0.490 e. The summed E-state index contributed by atoms with van der Waals surface area (Å²) >= 11 is 0. The van der Waals surface area contributed by atoms with Crippen LogP contribution in [0.1, 0.15) is 33.6 Å². The summed E-state index contributed by atoms with van der Waals surface area (Å²) in [5.41, 5.74) is 0.234. The standard InChI is InChI=1S/C16H20O3/c1-4-5-11(2)12(3)18-14-8-6-13-7-9-16(17)19-15(13)10-14/h6-12H,4-5H2,1-3H3. The number of hydrogen-bond acceptors (Lipinski definition) is 3. The molecule has 0 aliphatic rings. The van der Waals surface area contributed by atoms with Gasteiger partial charge in [0.25, 0.3) is 0 Å². The molecule has 2 atom stereocenters.